The Balaban J connectivity index is 1.41. The lowest BCUT2D eigenvalue weighted by molar-refractivity contribution is 0.150. The number of piperidine rings is 2. The topological polar surface area (TPSA) is 61.4 Å². The molecule has 2 N–H and O–H groups in total. The average molecular weight is 392 g/mol. The summed E-state index contributed by atoms with van der Waals surface area (Å²) < 4.78 is 28.3. The average Bonchev–Trinajstić information content (AvgIpc) is 3.12. The van der Waals surface area contributed by atoms with Gasteiger partial charge in [-0.15, -0.1) is 0 Å². The van der Waals surface area contributed by atoms with Crippen LogP contribution in [0, 0.1) is 0 Å². The lowest BCUT2D eigenvalue weighted by atomic mass is 10.0. The van der Waals surface area contributed by atoms with Crippen LogP contribution in [-0.2, 0) is 10.0 Å². The van der Waals surface area contributed by atoms with Crippen molar-refractivity contribution in [3.63, 3.8) is 0 Å². The van der Waals surface area contributed by atoms with Gasteiger partial charge in [0.1, 0.15) is 0 Å². The van der Waals surface area contributed by atoms with Crippen LogP contribution < -0.4 is 10.0 Å². The van der Waals surface area contributed by atoms with E-state index in [1.54, 1.807) is 0 Å². The number of nitrogens with zero attached hydrogens (tertiary/aromatic N) is 1. The van der Waals surface area contributed by atoms with Crippen LogP contribution >= 0.6 is 0 Å². The summed E-state index contributed by atoms with van der Waals surface area (Å²) in [6.45, 7) is 3.93. The minimum Gasteiger partial charge on any atom is -0.313 e. The SMILES string of the molecule is CC(C1CCCCN1)S(=O)(=O)Nc1ccc(C2CCC3CCCCN32)cc1. The highest BCUT2D eigenvalue weighted by Gasteiger charge is 2.35. The third-order valence-corrected chi connectivity index (χ3v) is 8.63. The first kappa shape index (κ1) is 19.2. The highest BCUT2D eigenvalue weighted by Crippen LogP contribution is 2.40. The smallest absolute Gasteiger partial charge is 0.236 e. The summed E-state index contributed by atoms with van der Waals surface area (Å²) in [4.78, 5) is 2.67. The summed E-state index contributed by atoms with van der Waals surface area (Å²) in [6, 6.07) is 9.41. The van der Waals surface area contributed by atoms with Crippen molar-refractivity contribution in [3.05, 3.63) is 29.8 Å². The molecule has 4 atom stereocenters. The number of rotatable bonds is 5. The first-order valence-corrected chi connectivity index (χ1v) is 12.2. The van der Waals surface area contributed by atoms with E-state index in [4.69, 9.17) is 0 Å². The number of hydrogen-bond donors (Lipinski definition) is 2. The molecule has 27 heavy (non-hydrogen) atoms. The standard InChI is InChI=1S/C21H33N3O2S/c1-16(20-7-2-4-14-22-20)27(25,26)23-18-10-8-17(9-11-18)21-13-12-19-6-3-5-15-24(19)21/h8-11,16,19-23H,2-7,12-15H2,1H3. The normalized spacial score (nSPS) is 30.6. The predicted molar refractivity (Wildman–Crippen MR) is 110 cm³/mol. The molecule has 4 rings (SSSR count). The highest BCUT2D eigenvalue weighted by atomic mass is 32.2. The van der Waals surface area contributed by atoms with Gasteiger partial charge >= 0.3 is 0 Å². The minimum absolute atomic E-state index is 0.0463. The van der Waals surface area contributed by atoms with E-state index < -0.39 is 15.3 Å². The molecule has 0 aliphatic carbocycles. The first-order chi connectivity index (χ1) is 13.0. The predicted octanol–water partition coefficient (Wildman–Crippen LogP) is 3.65. The minimum atomic E-state index is -3.39. The molecule has 0 radical (unpaired) electrons. The van der Waals surface area contributed by atoms with Crippen molar-refractivity contribution in [2.75, 3.05) is 17.8 Å². The van der Waals surface area contributed by atoms with Gasteiger partial charge in [-0.1, -0.05) is 25.0 Å². The Bertz CT molecular complexity index is 728. The van der Waals surface area contributed by atoms with Crippen molar-refractivity contribution in [2.24, 2.45) is 0 Å². The summed E-state index contributed by atoms with van der Waals surface area (Å²) >= 11 is 0. The highest BCUT2D eigenvalue weighted by molar-refractivity contribution is 7.93. The van der Waals surface area contributed by atoms with E-state index in [9.17, 15) is 8.42 Å². The summed E-state index contributed by atoms with van der Waals surface area (Å²) in [5, 5.41) is 2.93. The largest absolute Gasteiger partial charge is 0.313 e. The Labute approximate surface area is 164 Å². The zero-order valence-electron chi connectivity index (χ0n) is 16.4. The van der Waals surface area contributed by atoms with Crippen molar-refractivity contribution in [1.29, 1.82) is 0 Å². The second-order valence-corrected chi connectivity index (χ2v) is 10.5. The molecular weight excluding hydrogens is 358 g/mol. The number of fused-ring (bicyclic) bond motifs is 1. The second-order valence-electron chi connectivity index (χ2n) is 8.51. The van der Waals surface area contributed by atoms with Crippen LogP contribution in [0.3, 0.4) is 0 Å². The molecule has 3 fully saturated rings. The van der Waals surface area contributed by atoms with Crippen LogP contribution in [0.25, 0.3) is 0 Å². The van der Waals surface area contributed by atoms with Crippen LogP contribution in [-0.4, -0.2) is 43.7 Å². The number of sulfonamides is 1. The van der Waals surface area contributed by atoms with E-state index in [1.807, 2.05) is 19.1 Å². The molecule has 3 aliphatic heterocycles. The number of hydrogen-bond acceptors (Lipinski definition) is 4. The van der Waals surface area contributed by atoms with Crippen molar-refractivity contribution in [3.8, 4) is 0 Å². The molecule has 150 valence electrons. The van der Waals surface area contributed by atoms with Crippen LogP contribution in [0.4, 0.5) is 5.69 Å². The van der Waals surface area contributed by atoms with Crippen molar-refractivity contribution in [1.82, 2.24) is 10.2 Å². The molecular formula is C21H33N3O2S. The number of nitrogens with one attached hydrogen (secondary N) is 2. The second kappa shape index (κ2) is 8.10. The van der Waals surface area contributed by atoms with E-state index in [1.165, 1.54) is 44.2 Å². The van der Waals surface area contributed by atoms with Crippen molar-refractivity contribution >= 4 is 15.7 Å². The maximum absolute atomic E-state index is 12.8. The number of anilines is 1. The Morgan fingerprint density at radius 3 is 2.56 bits per heavy atom. The third-order valence-electron chi connectivity index (χ3n) is 6.81. The molecule has 5 nitrogen and oxygen atoms in total. The van der Waals surface area contributed by atoms with Gasteiger partial charge in [0.2, 0.25) is 10.0 Å². The fourth-order valence-electron chi connectivity index (χ4n) is 5.14. The molecule has 3 aliphatic rings. The summed E-state index contributed by atoms with van der Waals surface area (Å²) in [5.74, 6) is 0. The molecule has 4 unspecified atom stereocenters. The lowest BCUT2D eigenvalue weighted by Gasteiger charge is -2.34. The van der Waals surface area contributed by atoms with Crippen LogP contribution in [0.5, 0.6) is 0 Å². The van der Waals surface area contributed by atoms with E-state index in [0.717, 1.165) is 31.8 Å². The van der Waals surface area contributed by atoms with Gasteiger partial charge < -0.3 is 5.32 Å². The zero-order valence-corrected chi connectivity index (χ0v) is 17.2. The van der Waals surface area contributed by atoms with Crippen molar-refractivity contribution in [2.45, 2.75) is 81.7 Å². The van der Waals surface area contributed by atoms with Gasteiger partial charge in [0, 0.05) is 23.8 Å². The van der Waals surface area contributed by atoms with E-state index in [-0.39, 0.29) is 6.04 Å². The molecule has 1 aromatic rings. The molecule has 6 heteroatoms. The van der Waals surface area contributed by atoms with Gasteiger partial charge in [0.05, 0.1) is 5.25 Å². The Kier molecular flexibility index (Phi) is 5.76. The number of benzene rings is 1. The third kappa shape index (κ3) is 4.17. The molecule has 3 heterocycles. The van der Waals surface area contributed by atoms with Gasteiger partial charge in [-0.25, -0.2) is 8.42 Å². The summed E-state index contributed by atoms with van der Waals surface area (Å²) in [6.07, 6.45) is 9.69. The van der Waals surface area contributed by atoms with Crippen LogP contribution in [0.1, 0.15) is 69.9 Å². The Hall–Kier alpha value is -1.11. The monoisotopic (exact) mass is 391 g/mol. The molecule has 0 amide bonds. The van der Waals surface area contributed by atoms with E-state index >= 15 is 0 Å². The molecule has 1 aromatic carbocycles. The van der Waals surface area contributed by atoms with Gasteiger partial charge in [0.15, 0.2) is 0 Å². The fraction of sp³-hybridized carbons (Fsp3) is 0.714. The molecule has 0 spiro atoms. The Morgan fingerprint density at radius 1 is 1.04 bits per heavy atom. The Morgan fingerprint density at radius 2 is 1.81 bits per heavy atom. The maximum Gasteiger partial charge on any atom is 0.236 e. The molecule has 0 aromatic heterocycles. The quantitative estimate of drug-likeness (QED) is 0.804. The summed E-state index contributed by atoms with van der Waals surface area (Å²) in [5.41, 5.74) is 2.00. The van der Waals surface area contributed by atoms with Gasteiger partial charge in [-0.05, 0) is 76.2 Å². The maximum atomic E-state index is 12.8. The zero-order chi connectivity index (χ0) is 18.9. The molecule has 3 saturated heterocycles. The molecule has 0 saturated carbocycles. The van der Waals surface area contributed by atoms with Crippen molar-refractivity contribution < 1.29 is 8.42 Å². The molecule has 0 bridgehead atoms. The van der Waals surface area contributed by atoms with Gasteiger partial charge in [-0.3, -0.25) is 9.62 Å². The first-order valence-electron chi connectivity index (χ1n) is 10.7. The van der Waals surface area contributed by atoms with E-state index in [2.05, 4.69) is 27.1 Å². The van der Waals surface area contributed by atoms with Gasteiger partial charge in [-0.2, -0.15) is 0 Å². The van der Waals surface area contributed by atoms with Crippen LogP contribution in [0.2, 0.25) is 0 Å². The fourth-order valence-corrected chi connectivity index (χ4v) is 6.46. The summed E-state index contributed by atoms with van der Waals surface area (Å²) in [7, 11) is -3.39. The van der Waals surface area contributed by atoms with E-state index in [0.29, 0.717) is 11.7 Å². The lowest BCUT2D eigenvalue weighted by Crippen LogP contribution is -2.46. The van der Waals surface area contributed by atoms with Gasteiger partial charge in [0.25, 0.3) is 0 Å². The van der Waals surface area contributed by atoms with Crippen LogP contribution in [0.15, 0.2) is 24.3 Å².